The Morgan fingerprint density at radius 1 is 1.27 bits per heavy atom. The van der Waals surface area contributed by atoms with E-state index in [1.165, 1.54) is 11.3 Å². The van der Waals surface area contributed by atoms with E-state index in [4.69, 9.17) is 4.74 Å². The maximum atomic E-state index is 5.38. The van der Waals surface area contributed by atoms with Gasteiger partial charge >= 0.3 is 0 Å². The normalized spacial score (nSPS) is 15.0. The molecule has 1 aromatic carbocycles. The van der Waals surface area contributed by atoms with E-state index >= 15 is 0 Å². The molecular formula is C16H25IN4O. The van der Waals surface area contributed by atoms with E-state index in [0.717, 1.165) is 38.8 Å². The molecule has 22 heavy (non-hydrogen) atoms. The summed E-state index contributed by atoms with van der Waals surface area (Å²) in [6, 6.07) is 8.64. The molecule has 1 aliphatic heterocycles. The number of hydrogen-bond acceptors (Lipinski definition) is 3. The van der Waals surface area contributed by atoms with Gasteiger partial charge in [-0.15, -0.1) is 30.6 Å². The van der Waals surface area contributed by atoms with Gasteiger partial charge in [-0.1, -0.05) is 18.2 Å². The summed E-state index contributed by atoms with van der Waals surface area (Å²) in [5.74, 6) is 0.784. The predicted octanol–water partition coefficient (Wildman–Crippen LogP) is 1.99. The molecule has 0 atom stereocenters. The van der Waals surface area contributed by atoms with Crippen molar-refractivity contribution in [3.05, 3.63) is 42.5 Å². The van der Waals surface area contributed by atoms with Crippen LogP contribution in [0.5, 0.6) is 0 Å². The zero-order valence-electron chi connectivity index (χ0n) is 13.0. The second-order valence-corrected chi connectivity index (χ2v) is 4.86. The Morgan fingerprint density at radius 3 is 2.55 bits per heavy atom. The number of aliphatic imine (C=N–C) groups is 1. The lowest BCUT2D eigenvalue weighted by Gasteiger charge is -2.28. The maximum Gasteiger partial charge on any atom is 0.191 e. The molecule has 5 nitrogen and oxygen atoms in total. The predicted molar refractivity (Wildman–Crippen MR) is 103 cm³/mol. The second kappa shape index (κ2) is 10.4. The number of ether oxygens (including phenoxy) is 1. The minimum atomic E-state index is 0. The van der Waals surface area contributed by atoms with Crippen LogP contribution in [0, 0.1) is 0 Å². The number of rotatable bonds is 5. The van der Waals surface area contributed by atoms with Crippen molar-refractivity contribution in [2.75, 3.05) is 44.8 Å². The summed E-state index contributed by atoms with van der Waals surface area (Å²) in [4.78, 5) is 6.51. The minimum absolute atomic E-state index is 0. The summed E-state index contributed by atoms with van der Waals surface area (Å²) in [5, 5.41) is 6.43. The van der Waals surface area contributed by atoms with Crippen LogP contribution in [0.15, 0.2) is 41.9 Å². The molecule has 2 rings (SSSR count). The van der Waals surface area contributed by atoms with Crippen LogP contribution in [0.3, 0.4) is 0 Å². The van der Waals surface area contributed by atoms with Gasteiger partial charge in [0.25, 0.3) is 0 Å². The molecule has 0 saturated carbocycles. The third-order valence-corrected chi connectivity index (χ3v) is 3.41. The van der Waals surface area contributed by atoms with Crippen molar-refractivity contribution < 1.29 is 4.74 Å². The lowest BCUT2D eigenvalue weighted by atomic mass is 10.2. The number of guanidine groups is 1. The number of anilines is 1. The molecule has 1 aliphatic rings. The molecule has 0 bridgehead atoms. The molecule has 1 saturated heterocycles. The number of halogens is 1. The van der Waals surface area contributed by atoms with Crippen LogP contribution in [-0.4, -0.2) is 45.9 Å². The molecule has 2 N–H and O–H groups in total. The number of nitrogens with zero attached hydrogens (tertiary/aromatic N) is 2. The van der Waals surface area contributed by atoms with E-state index in [1.54, 1.807) is 7.05 Å². The SMILES string of the molecule is C=CCNC(=NC)NCc1ccc(N2CCOCC2)cc1.I. The largest absolute Gasteiger partial charge is 0.378 e. The van der Waals surface area contributed by atoms with Crippen molar-refractivity contribution in [2.45, 2.75) is 6.54 Å². The van der Waals surface area contributed by atoms with Gasteiger partial charge in [0.15, 0.2) is 5.96 Å². The van der Waals surface area contributed by atoms with Crippen molar-refractivity contribution in [3.63, 3.8) is 0 Å². The highest BCUT2D eigenvalue weighted by Gasteiger charge is 2.10. The maximum absolute atomic E-state index is 5.38. The lowest BCUT2D eigenvalue weighted by molar-refractivity contribution is 0.122. The van der Waals surface area contributed by atoms with Crippen LogP contribution < -0.4 is 15.5 Å². The lowest BCUT2D eigenvalue weighted by Crippen LogP contribution is -2.37. The molecule has 6 heteroatoms. The Balaban J connectivity index is 0.00000242. The van der Waals surface area contributed by atoms with Gasteiger partial charge < -0.3 is 20.3 Å². The summed E-state index contributed by atoms with van der Waals surface area (Å²) in [6.45, 7) is 8.70. The average Bonchev–Trinajstić information content (AvgIpc) is 2.56. The van der Waals surface area contributed by atoms with E-state index in [0.29, 0.717) is 6.54 Å². The van der Waals surface area contributed by atoms with Crippen LogP contribution in [-0.2, 0) is 11.3 Å². The van der Waals surface area contributed by atoms with Crippen LogP contribution in [0.25, 0.3) is 0 Å². The first kappa shape index (κ1) is 18.8. The second-order valence-electron chi connectivity index (χ2n) is 4.86. The van der Waals surface area contributed by atoms with Gasteiger partial charge in [0.2, 0.25) is 0 Å². The van der Waals surface area contributed by atoms with E-state index in [9.17, 15) is 0 Å². The van der Waals surface area contributed by atoms with E-state index in [1.807, 2.05) is 6.08 Å². The summed E-state index contributed by atoms with van der Waals surface area (Å²) >= 11 is 0. The number of morpholine rings is 1. The molecule has 0 aliphatic carbocycles. The summed E-state index contributed by atoms with van der Waals surface area (Å²) in [6.07, 6.45) is 1.81. The monoisotopic (exact) mass is 416 g/mol. The Labute approximate surface area is 149 Å². The molecule has 0 amide bonds. The van der Waals surface area contributed by atoms with Crippen molar-refractivity contribution in [2.24, 2.45) is 4.99 Å². The third-order valence-electron chi connectivity index (χ3n) is 3.41. The first-order valence-corrected chi connectivity index (χ1v) is 7.30. The topological polar surface area (TPSA) is 48.9 Å². The molecular weight excluding hydrogens is 391 g/mol. The van der Waals surface area contributed by atoms with Crippen LogP contribution in [0.4, 0.5) is 5.69 Å². The molecule has 1 fully saturated rings. The van der Waals surface area contributed by atoms with Crippen molar-refractivity contribution in [3.8, 4) is 0 Å². The minimum Gasteiger partial charge on any atom is -0.378 e. The van der Waals surface area contributed by atoms with E-state index in [2.05, 4.69) is 51.4 Å². The zero-order chi connectivity index (χ0) is 14.9. The first-order chi connectivity index (χ1) is 10.3. The third kappa shape index (κ3) is 5.84. The highest BCUT2D eigenvalue weighted by molar-refractivity contribution is 14.0. The van der Waals surface area contributed by atoms with Crippen LogP contribution >= 0.6 is 24.0 Å². The first-order valence-electron chi connectivity index (χ1n) is 7.30. The van der Waals surface area contributed by atoms with E-state index in [-0.39, 0.29) is 24.0 Å². The number of hydrogen-bond donors (Lipinski definition) is 2. The average molecular weight is 416 g/mol. The van der Waals surface area contributed by atoms with Gasteiger partial charge in [-0.2, -0.15) is 0 Å². The smallest absolute Gasteiger partial charge is 0.191 e. The Hall–Kier alpha value is -1.28. The molecule has 0 radical (unpaired) electrons. The molecule has 0 aromatic heterocycles. The summed E-state index contributed by atoms with van der Waals surface area (Å²) in [5.41, 5.74) is 2.49. The summed E-state index contributed by atoms with van der Waals surface area (Å²) in [7, 11) is 1.76. The number of benzene rings is 1. The highest BCUT2D eigenvalue weighted by Crippen LogP contribution is 2.16. The Kier molecular flexibility index (Phi) is 8.91. The van der Waals surface area contributed by atoms with Gasteiger partial charge in [0, 0.05) is 38.9 Å². The standard InChI is InChI=1S/C16H24N4O.HI/c1-3-8-18-16(17-2)19-13-14-4-6-15(7-5-14)20-9-11-21-12-10-20;/h3-7H,1,8-13H2,2H3,(H2,17,18,19);1H. The fraction of sp³-hybridized carbons (Fsp3) is 0.438. The fourth-order valence-corrected chi connectivity index (χ4v) is 2.22. The Morgan fingerprint density at radius 2 is 1.95 bits per heavy atom. The van der Waals surface area contributed by atoms with E-state index < -0.39 is 0 Å². The summed E-state index contributed by atoms with van der Waals surface area (Å²) < 4.78 is 5.38. The fourth-order valence-electron chi connectivity index (χ4n) is 2.22. The van der Waals surface area contributed by atoms with Crippen LogP contribution in [0.2, 0.25) is 0 Å². The van der Waals surface area contributed by atoms with Gasteiger partial charge in [-0.25, -0.2) is 0 Å². The molecule has 1 aromatic rings. The number of nitrogens with one attached hydrogen (secondary N) is 2. The van der Waals surface area contributed by atoms with Gasteiger partial charge in [-0.3, -0.25) is 4.99 Å². The Bertz CT molecular complexity index is 470. The van der Waals surface area contributed by atoms with Gasteiger partial charge in [-0.05, 0) is 17.7 Å². The van der Waals surface area contributed by atoms with Gasteiger partial charge in [0.05, 0.1) is 13.2 Å². The van der Waals surface area contributed by atoms with Gasteiger partial charge in [0.1, 0.15) is 0 Å². The highest BCUT2D eigenvalue weighted by atomic mass is 127. The molecule has 1 heterocycles. The van der Waals surface area contributed by atoms with Crippen molar-refractivity contribution in [1.29, 1.82) is 0 Å². The quantitative estimate of drug-likeness (QED) is 0.334. The van der Waals surface area contributed by atoms with Crippen molar-refractivity contribution in [1.82, 2.24) is 10.6 Å². The van der Waals surface area contributed by atoms with Crippen LogP contribution in [0.1, 0.15) is 5.56 Å². The molecule has 0 spiro atoms. The van der Waals surface area contributed by atoms with Crippen molar-refractivity contribution >= 4 is 35.6 Å². The zero-order valence-corrected chi connectivity index (χ0v) is 15.4. The molecule has 0 unspecified atom stereocenters. The molecule has 122 valence electrons.